The number of benzene rings is 1. The second-order valence-corrected chi connectivity index (χ2v) is 6.69. The van der Waals surface area contributed by atoms with Crippen LogP contribution in [0.25, 0.3) is 22.3 Å². The van der Waals surface area contributed by atoms with Crippen LogP contribution in [0.5, 0.6) is 0 Å². The van der Waals surface area contributed by atoms with Crippen LogP contribution in [0.15, 0.2) is 36.5 Å². The predicted molar refractivity (Wildman–Crippen MR) is 119 cm³/mol. The Morgan fingerprint density at radius 3 is 2.61 bits per heavy atom. The Morgan fingerprint density at radius 2 is 1.96 bits per heavy atom. The number of pyridine rings is 1. The Kier molecular flexibility index (Phi) is 8.88. The molecule has 2 heterocycles. The molecule has 0 aliphatic carbocycles. The lowest BCUT2D eigenvalue weighted by molar-refractivity contribution is 0.0955. The Balaban J connectivity index is 0.00000196. The fourth-order valence-electron chi connectivity index (χ4n) is 2.98. The maximum Gasteiger partial charge on any atom is 0.252 e. The van der Waals surface area contributed by atoms with Crippen molar-refractivity contribution in [1.82, 2.24) is 20.1 Å². The third-order valence-electron chi connectivity index (χ3n) is 4.39. The summed E-state index contributed by atoms with van der Waals surface area (Å²) in [6.45, 7) is 7.25. The van der Waals surface area contributed by atoms with E-state index in [4.69, 9.17) is 10.7 Å². The first-order valence-electron chi connectivity index (χ1n) is 8.95. The van der Waals surface area contributed by atoms with Crippen LogP contribution in [0, 0.1) is 6.92 Å². The number of carbonyl (C=O) groups excluding carboxylic acids is 1. The van der Waals surface area contributed by atoms with Gasteiger partial charge in [-0.15, -0.1) is 24.8 Å². The summed E-state index contributed by atoms with van der Waals surface area (Å²) in [6, 6.07) is 10.1. The van der Waals surface area contributed by atoms with E-state index in [0.717, 1.165) is 34.3 Å². The van der Waals surface area contributed by atoms with Crippen LogP contribution in [0.4, 0.5) is 0 Å². The molecular weight excluding hydrogens is 397 g/mol. The molecule has 0 saturated carbocycles. The van der Waals surface area contributed by atoms with Crippen molar-refractivity contribution >= 4 is 41.8 Å². The van der Waals surface area contributed by atoms with Gasteiger partial charge in [0, 0.05) is 18.2 Å². The molecule has 0 radical (unpaired) electrons. The third-order valence-corrected chi connectivity index (χ3v) is 4.39. The lowest BCUT2D eigenvalue weighted by atomic mass is 10.0. The van der Waals surface area contributed by atoms with E-state index in [1.54, 1.807) is 6.20 Å². The van der Waals surface area contributed by atoms with E-state index >= 15 is 0 Å². The maximum atomic E-state index is 12.8. The monoisotopic (exact) mass is 423 g/mol. The highest BCUT2D eigenvalue weighted by Crippen LogP contribution is 2.28. The molecule has 0 bridgehead atoms. The standard InChI is InChI=1S/C20H25N5O.2ClH/c1-13(2)25-19-17(12-23-25)16(20(26)22-10-6-9-21)11-18(24-19)15-8-5-4-7-14(15)3;;/h4-5,7-8,11-13H,6,9-10,21H2,1-3H3,(H,22,26);2*1H. The van der Waals surface area contributed by atoms with Gasteiger partial charge in [0.25, 0.3) is 5.91 Å². The van der Waals surface area contributed by atoms with E-state index in [9.17, 15) is 4.79 Å². The van der Waals surface area contributed by atoms with Gasteiger partial charge in [-0.25, -0.2) is 9.67 Å². The van der Waals surface area contributed by atoms with Crippen LogP contribution < -0.4 is 11.1 Å². The minimum Gasteiger partial charge on any atom is -0.352 e. The largest absolute Gasteiger partial charge is 0.352 e. The summed E-state index contributed by atoms with van der Waals surface area (Å²) in [5.74, 6) is -0.121. The van der Waals surface area contributed by atoms with Crippen molar-refractivity contribution in [3.8, 4) is 11.3 Å². The lowest BCUT2D eigenvalue weighted by Crippen LogP contribution is -2.26. The zero-order chi connectivity index (χ0) is 18.7. The van der Waals surface area contributed by atoms with Gasteiger partial charge in [0.2, 0.25) is 0 Å². The van der Waals surface area contributed by atoms with E-state index in [-0.39, 0.29) is 36.8 Å². The molecule has 0 saturated heterocycles. The number of amides is 1. The number of nitrogens with zero attached hydrogens (tertiary/aromatic N) is 3. The molecule has 0 aliphatic heterocycles. The SMILES string of the molecule is Cc1ccccc1-c1cc(C(=O)NCCCN)c2cnn(C(C)C)c2n1.Cl.Cl. The van der Waals surface area contributed by atoms with Crippen molar-refractivity contribution in [2.75, 3.05) is 13.1 Å². The minimum atomic E-state index is -0.121. The van der Waals surface area contributed by atoms with Gasteiger partial charge in [-0.05, 0) is 45.4 Å². The zero-order valence-electron chi connectivity index (χ0n) is 16.3. The van der Waals surface area contributed by atoms with E-state index in [1.165, 1.54) is 0 Å². The van der Waals surface area contributed by atoms with Gasteiger partial charge in [-0.3, -0.25) is 4.79 Å². The number of rotatable bonds is 6. The van der Waals surface area contributed by atoms with Crippen LogP contribution in [-0.2, 0) is 0 Å². The van der Waals surface area contributed by atoms with Gasteiger partial charge in [0.1, 0.15) is 0 Å². The maximum absolute atomic E-state index is 12.8. The van der Waals surface area contributed by atoms with Crippen molar-refractivity contribution < 1.29 is 4.79 Å². The summed E-state index contributed by atoms with van der Waals surface area (Å²) in [5.41, 5.74) is 9.75. The van der Waals surface area contributed by atoms with Crippen LogP contribution in [0.2, 0.25) is 0 Å². The first-order valence-corrected chi connectivity index (χ1v) is 8.95. The molecule has 28 heavy (non-hydrogen) atoms. The second-order valence-electron chi connectivity index (χ2n) is 6.69. The molecule has 3 N–H and O–H groups in total. The summed E-state index contributed by atoms with van der Waals surface area (Å²) < 4.78 is 1.85. The van der Waals surface area contributed by atoms with Crippen molar-refractivity contribution in [2.45, 2.75) is 33.2 Å². The molecule has 152 valence electrons. The molecule has 8 heteroatoms. The van der Waals surface area contributed by atoms with Crippen LogP contribution >= 0.6 is 24.8 Å². The molecule has 2 aromatic heterocycles. The van der Waals surface area contributed by atoms with Crippen molar-refractivity contribution in [2.24, 2.45) is 5.73 Å². The summed E-state index contributed by atoms with van der Waals surface area (Å²) in [5, 5.41) is 8.15. The highest BCUT2D eigenvalue weighted by atomic mass is 35.5. The molecule has 0 fully saturated rings. The number of carbonyl (C=O) groups is 1. The first-order chi connectivity index (χ1) is 12.5. The first kappa shape index (κ1) is 23.9. The van der Waals surface area contributed by atoms with E-state index < -0.39 is 0 Å². The minimum absolute atomic E-state index is 0. The number of hydrogen-bond acceptors (Lipinski definition) is 4. The molecule has 0 spiro atoms. The highest BCUT2D eigenvalue weighted by Gasteiger charge is 2.18. The number of nitrogens with two attached hydrogens (primary N) is 1. The normalized spacial score (nSPS) is 10.5. The van der Waals surface area contributed by atoms with Gasteiger partial charge >= 0.3 is 0 Å². The Labute approximate surface area is 177 Å². The molecule has 6 nitrogen and oxygen atoms in total. The summed E-state index contributed by atoms with van der Waals surface area (Å²) in [6.07, 6.45) is 2.47. The van der Waals surface area contributed by atoms with E-state index in [1.807, 2.05) is 41.9 Å². The molecule has 3 aromatic rings. The fourth-order valence-corrected chi connectivity index (χ4v) is 2.98. The molecule has 1 aromatic carbocycles. The molecular formula is C20H27Cl2N5O. The number of aromatic nitrogens is 3. The number of aryl methyl sites for hydroxylation is 1. The fraction of sp³-hybridized carbons (Fsp3) is 0.350. The molecule has 0 aliphatic rings. The second kappa shape index (κ2) is 10.4. The Bertz CT molecular complexity index is 939. The number of fused-ring (bicyclic) bond motifs is 1. The number of nitrogens with one attached hydrogen (secondary N) is 1. The third kappa shape index (κ3) is 4.82. The summed E-state index contributed by atoms with van der Waals surface area (Å²) >= 11 is 0. The van der Waals surface area contributed by atoms with Gasteiger partial charge < -0.3 is 11.1 Å². The number of hydrogen-bond donors (Lipinski definition) is 2. The molecule has 0 unspecified atom stereocenters. The topological polar surface area (TPSA) is 85.8 Å². The average Bonchev–Trinajstić information content (AvgIpc) is 3.05. The van der Waals surface area contributed by atoms with Crippen molar-refractivity contribution in [3.05, 3.63) is 47.7 Å². The van der Waals surface area contributed by atoms with E-state index in [0.29, 0.717) is 18.7 Å². The smallest absolute Gasteiger partial charge is 0.252 e. The summed E-state index contributed by atoms with van der Waals surface area (Å²) in [7, 11) is 0. The van der Waals surface area contributed by atoms with Gasteiger partial charge in [-0.2, -0.15) is 5.10 Å². The van der Waals surface area contributed by atoms with Crippen LogP contribution in [0.1, 0.15) is 42.2 Å². The molecule has 0 atom stereocenters. The predicted octanol–water partition coefficient (Wildman–Crippen LogP) is 3.91. The van der Waals surface area contributed by atoms with Gasteiger partial charge in [-0.1, -0.05) is 24.3 Å². The van der Waals surface area contributed by atoms with Gasteiger partial charge in [0.05, 0.1) is 22.8 Å². The molecule has 1 amide bonds. The van der Waals surface area contributed by atoms with Crippen LogP contribution in [-0.4, -0.2) is 33.8 Å². The van der Waals surface area contributed by atoms with Crippen molar-refractivity contribution in [3.63, 3.8) is 0 Å². The highest BCUT2D eigenvalue weighted by molar-refractivity contribution is 6.06. The Hall–Kier alpha value is -2.15. The number of halogens is 2. The van der Waals surface area contributed by atoms with Gasteiger partial charge in [0.15, 0.2) is 5.65 Å². The average molecular weight is 424 g/mol. The van der Waals surface area contributed by atoms with E-state index in [2.05, 4.69) is 24.3 Å². The quantitative estimate of drug-likeness (QED) is 0.588. The Morgan fingerprint density at radius 1 is 1.25 bits per heavy atom. The van der Waals surface area contributed by atoms with Crippen LogP contribution in [0.3, 0.4) is 0 Å². The van der Waals surface area contributed by atoms with Crippen molar-refractivity contribution in [1.29, 1.82) is 0 Å². The zero-order valence-corrected chi connectivity index (χ0v) is 17.9. The molecule has 3 rings (SSSR count). The summed E-state index contributed by atoms with van der Waals surface area (Å²) in [4.78, 5) is 17.6. The lowest BCUT2D eigenvalue weighted by Gasteiger charge is -2.12.